The van der Waals surface area contributed by atoms with Gasteiger partial charge in [0.25, 0.3) is 0 Å². The van der Waals surface area contributed by atoms with E-state index in [4.69, 9.17) is 0 Å². The predicted octanol–water partition coefficient (Wildman–Crippen LogP) is 8.16. The Balaban J connectivity index is 0.00000466. The van der Waals surface area contributed by atoms with Crippen LogP contribution in [0.15, 0.2) is 52.9 Å². The number of nitrogens with zero attached hydrogens (tertiary/aromatic N) is 1. The van der Waals surface area contributed by atoms with E-state index in [2.05, 4.69) is 94.9 Å². The van der Waals surface area contributed by atoms with Gasteiger partial charge in [0.1, 0.15) is 5.69 Å². The Morgan fingerprint density at radius 1 is 1.16 bits per heavy atom. The minimum absolute atomic E-state index is 0.555. The maximum Gasteiger partial charge on any atom is 0.132 e. The fourth-order valence-electron chi connectivity index (χ4n) is 3.69. The van der Waals surface area contributed by atoms with Crippen LogP contribution in [0.4, 0.5) is 5.69 Å². The van der Waals surface area contributed by atoms with Crippen molar-refractivity contribution in [2.24, 2.45) is 0 Å². The highest BCUT2D eigenvalue weighted by Gasteiger charge is 2.15. The zero-order valence-corrected chi connectivity index (χ0v) is 23.2. The van der Waals surface area contributed by atoms with Crippen molar-refractivity contribution in [1.29, 1.82) is 0 Å². The average molecular weight is 460 g/mol. The van der Waals surface area contributed by atoms with Crippen molar-refractivity contribution in [2.45, 2.75) is 92.9 Å². The standard InChI is InChI=1S/C27H44N2S.C2H6/c1-8-13-20-29(12-5)27(15-9-2)30-22(6)16-14-17-24(11-4)25-21-23(10-3)18-19-26(25)28-7;1-2/h14-16,18-19,21,24,28H,6,8-13,17,20H2,1-5,7H3;1-2H3/p+1/b16-14+,27-15-;. The molecule has 0 spiro atoms. The second-order valence-electron chi connectivity index (χ2n) is 7.80. The zero-order valence-electron chi connectivity index (χ0n) is 22.3. The third kappa shape index (κ3) is 10.9. The Labute approximate surface area is 204 Å². The molecule has 0 saturated carbocycles. The molecule has 1 unspecified atom stereocenters. The summed E-state index contributed by atoms with van der Waals surface area (Å²) in [4.78, 5) is 3.62. The van der Waals surface area contributed by atoms with Crippen LogP contribution in [-0.2, 0) is 6.42 Å². The van der Waals surface area contributed by atoms with Crippen LogP contribution in [0.5, 0.6) is 0 Å². The molecule has 0 saturated heterocycles. The van der Waals surface area contributed by atoms with Crippen LogP contribution >= 0.6 is 11.8 Å². The fourth-order valence-corrected chi connectivity index (χ4v) is 4.72. The van der Waals surface area contributed by atoms with E-state index in [1.165, 1.54) is 34.7 Å². The summed E-state index contributed by atoms with van der Waals surface area (Å²) in [5, 5.41) is 3.60. The Bertz CT molecular complexity index is 690. The quantitative estimate of drug-likeness (QED) is 0.211. The molecule has 0 fully saturated rings. The van der Waals surface area contributed by atoms with Crippen LogP contribution < -0.4 is 5.32 Å². The van der Waals surface area contributed by atoms with Gasteiger partial charge in [0.2, 0.25) is 0 Å². The first-order chi connectivity index (χ1) is 15.5. The molecule has 0 amide bonds. The first-order valence-electron chi connectivity index (χ1n) is 12.9. The summed E-state index contributed by atoms with van der Waals surface area (Å²) in [5.74, 6) is 0.555. The lowest BCUT2D eigenvalue weighted by molar-refractivity contribution is -0.540. The monoisotopic (exact) mass is 459 g/mol. The van der Waals surface area contributed by atoms with Crippen LogP contribution in [0.25, 0.3) is 0 Å². The maximum atomic E-state index is 4.33. The van der Waals surface area contributed by atoms with E-state index in [0.717, 1.165) is 43.7 Å². The Morgan fingerprint density at radius 2 is 1.88 bits per heavy atom. The van der Waals surface area contributed by atoms with Crippen molar-refractivity contribution in [1.82, 2.24) is 4.90 Å². The highest BCUT2D eigenvalue weighted by molar-refractivity contribution is 8.06. The molecular weight excluding hydrogens is 408 g/mol. The highest BCUT2D eigenvalue weighted by atomic mass is 32.2. The second-order valence-corrected chi connectivity index (χ2v) is 8.95. The van der Waals surface area contributed by atoms with E-state index in [1.807, 2.05) is 25.6 Å². The summed E-state index contributed by atoms with van der Waals surface area (Å²) in [6, 6.07) is 6.96. The lowest BCUT2D eigenvalue weighted by atomic mass is 9.90. The van der Waals surface area contributed by atoms with Crippen LogP contribution in [-0.4, -0.2) is 25.0 Å². The number of unbranched alkanes of at least 4 members (excludes halogenated alkanes) is 1. The fraction of sp³-hybridized carbons (Fsp3) is 0.586. The molecule has 2 nitrogen and oxygen atoms in total. The number of hydrogen-bond donors (Lipinski definition) is 1. The molecule has 0 aliphatic rings. The van der Waals surface area contributed by atoms with E-state index in [0.29, 0.717) is 5.92 Å². The van der Waals surface area contributed by atoms with Gasteiger partial charge in [-0.05, 0) is 62.6 Å². The summed E-state index contributed by atoms with van der Waals surface area (Å²) < 4.78 is 0. The van der Waals surface area contributed by atoms with Crippen molar-refractivity contribution < 1.29 is 5.32 Å². The lowest BCUT2D eigenvalue weighted by Crippen LogP contribution is -2.73. The third-order valence-electron chi connectivity index (χ3n) is 5.62. The average Bonchev–Trinajstić information content (AvgIpc) is 2.83. The number of allylic oxidation sites excluding steroid dienone is 3. The first-order valence-corrected chi connectivity index (χ1v) is 13.8. The Morgan fingerprint density at radius 3 is 2.41 bits per heavy atom. The van der Waals surface area contributed by atoms with Crippen molar-refractivity contribution in [2.75, 3.05) is 20.1 Å². The number of rotatable bonds is 15. The number of quaternary nitrogens is 1. The number of aryl methyl sites for hydroxylation is 1. The number of nitrogens with two attached hydrogens (primary N) is 1. The first kappa shape index (κ1) is 30.6. The molecule has 0 heterocycles. The number of thioether (sulfide) groups is 1. The molecule has 1 aromatic rings. The molecule has 1 rings (SSSR count). The molecule has 0 aliphatic heterocycles. The summed E-state index contributed by atoms with van der Waals surface area (Å²) in [7, 11) is 2.14. The Hall–Kier alpha value is -1.45. The molecule has 0 bridgehead atoms. The van der Waals surface area contributed by atoms with Crippen LogP contribution in [0.2, 0.25) is 0 Å². The molecule has 3 heteroatoms. The third-order valence-corrected chi connectivity index (χ3v) is 6.65. The van der Waals surface area contributed by atoms with E-state index < -0.39 is 0 Å². The summed E-state index contributed by atoms with van der Waals surface area (Å²) in [6.07, 6.45) is 13.7. The van der Waals surface area contributed by atoms with Crippen molar-refractivity contribution in [3.63, 3.8) is 0 Å². The van der Waals surface area contributed by atoms with Crippen molar-refractivity contribution in [3.05, 3.63) is 64.1 Å². The summed E-state index contributed by atoms with van der Waals surface area (Å²) >= 11 is 1.82. The Kier molecular flexibility index (Phi) is 18.2. The van der Waals surface area contributed by atoms with Gasteiger partial charge in [-0.15, -0.1) is 0 Å². The number of hydrogen-bond acceptors (Lipinski definition) is 2. The van der Waals surface area contributed by atoms with Gasteiger partial charge in [0.15, 0.2) is 0 Å². The maximum absolute atomic E-state index is 4.33. The predicted molar refractivity (Wildman–Crippen MR) is 149 cm³/mol. The normalized spacial score (nSPS) is 12.4. The van der Waals surface area contributed by atoms with Gasteiger partial charge in [-0.25, -0.2) is 0 Å². The molecule has 1 atom stereocenters. The van der Waals surface area contributed by atoms with Gasteiger partial charge >= 0.3 is 0 Å². The largest absolute Gasteiger partial charge is 0.367 e. The van der Waals surface area contributed by atoms with Gasteiger partial charge in [-0.1, -0.05) is 90.6 Å². The SMILES string of the molecule is C=C(/C=C/CC(CC)c1cc(CC)ccc1[NH2+]C)S/C(=C\CC)N(CC)CCCC.CC. The summed E-state index contributed by atoms with van der Waals surface area (Å²) in [5.41, 5.74) is 4.30. The van der Waals surface area contributed by atoms with E-state index in [9.17, 15) is 0 Å². The van der Waals surface area contributed by atoms with E-state index in [-0.39, 0.29) is 0 Å². The molecule has 2 N–H and O–H groups in total. The number of benzene rings is 1. The van der Waals surface area contributed by atoms with E-state index >= 15 is 0 Å². The highest BCUT2D eigenvalue weighted by Crippen LogP contribution is 2.32. The van der Waals surface area contributed by atoms with Gasteiger partial charge < -0.3 is 10.2 Å². The van der Waals surface area contributed by atoms with Gasteiger partial charge in [0.05, 0.1) is 12.1 Å². The van der Waals surface area contributed by atoms with Crippen molar-refractivity contribution in [3.8, 4) is 0 Å². The van der Waals surface area contributed by atoms with Crippen molar-refractivity contribution >= 4 is 17.4 Å². The van der Waals surface area contributed by atoms with Gasteiger partial charge in [0, 0.05) is 23.6 Å². The van der Waals surface area contributed by atoms with Crippen LogP contribution in [0.3, 0.4) is 0 Å². The smallest absolute Gasteiger partial charge is 0.132 e. The lowest BCUT2D eigenvalue weighted by Gasteiger charge is -2.25. The minimum Gasteiger partial charge on any atom is -0.367 e. The molecular formula is C29H51N2S+. The molecule has 0 aliphatic carbocycles. The minimum atomic E-state index is 0.555. The molecule has 1 aromatic carbocycles. The van der Waals surface area contributed by atoms with E-state index in [1.54, 1.807) is 0 Å². The molecule has 32 heavy (non-hydrogen) atoms. The molecule has 0 radical (unpaired) electrons. The summed E-state index contributed by atoms with van der Waals surface area (Å²) in [6.45, 7) is 21.8. The second kappa shape index (κ2) is 19.1. The molecule has 182 valence electrons. The van der Waals surface area contributed by atoms with Gasteiger partial charge in [-0.2, -0.15) is 0 Å². The van der Waals surface area contributed by atoms with Gasteiger partial charge in [-0.3, -0.25) is 0 Å². The zero-order chi connectivity index (χ0) is 24.4. The van der Waals surface area contributed by atoms with Crippen LogP contribution in [0.1, 0.15) is 97.6 Å². The topological polar surface area (TPSA) is 19.9 Å². The molecule has 0 aromatic heterocycles. The van der Waals surface area contributed by atoms with Crippen LogP contribution in [0, 0.1) is 0 Å².